The van der Waals surface area contributed by atoms with E-state index in [4.69, 9.17) is 49.3 Å². The first-order valence-electron chi connectivity index (χ1n) is 16.6. The number of carbonyl (C=O) groups is 1. The molecular weight excluding hydrogens is 690 g/mol. The van der Waals surface area contributed by atoms with E-state index in [2.05, 4.69) is 15.8 Å². The van der Waals surface area contributed by atoms with Crippen LogP contribution >= 0.6 is 11.6 Å². The molecule has 13 heteroatoms. The molecule has 0 saturated heterocycles. The van der Waals surface area contributed by atoms with Crippen LogP contribution in [-0.2, 0) is 0 Å². The lowest BCUT2D eigenvalue weighted by Gasteiger charge is -2.28. The Morgan fingerprint density at radius 1 is 0.673 bits per heavy atom. The highest BCUT2D eigenvalue weighted by Gasteiger charge is 2.26. The maximum absolute atomic E-state index is 12.7. The molecule has 1 aromatic heterocycles. The predicted octanol–water partition coefficient (Wildman–Crippen LogP) is 8.19. The summed E-state index contributed by atoms with van der Waals surface area (Å²) < 4.78 is 45.7. The van der Waals surface area contributed by atoms with Crippen LogP contribution in [0.3, 0.4) is 0 Å². The lowest BCUT2D eigenvalue weighted by Crippen LogP contribution is -2.38. The minimum absolute atomic E-state index is 0.201. The van der Waals surface area contributed by atoms with Gasteiger partial charge in [0, 0.05) is 27.9 Å². The second kappa shape index (κ2) is 16.5. The number of halogens is 1. The number of rotatable bonds is 16. The van der Waals surface area contributed by atoms with E-state index in [1.165, 1.54) is 0 Å². The average Bonchev–Trinajstić information content (AvgIpc) is 3.67. The van der Waals surface area contributed by atoms with Gasteiger partial charge in [0.2, 0.25) is 5.75 Å². The molecule has 1 unspecified atom stereocenters. The number of methoxy groups -OCH3 is 5. The molecule has 4 aromatic carbocycles. The van der Waals surface area contributed by atoms with Gasteiger partial charge in [0.1, 0.15) is 11.9 Å². The number of nitrogens with one attached hydrogen (secondary N) is 2. The highest BCUT2D eigenvalue weighted by Crippen LogP contribution is 2.43. The van der Waals surface area contributed by atoms with Crippen LogP contribution in [0.15, 0.2) is 77.3 Å². The standard InChI is InChI=1S/C39H40ClN3O9/c1-45-33-18-23(38-41-28-14-13-25(40)21-27(28)39(44)42-38)12-15-30(33)50-16-7-6-8-17-51-31-11-9-10-26(36(31)48-4)29-22-32(52-43-29)24-19-34(46-2)37(49-5)35(20-24)47-3/h9-15,18-22,38,41H,6-8,16-17H2,1-5H3,(H,42,44). The molecule has 1 atom stereocenters. The van der Waals surface area contributed by atoms with Crippen LogP contribution in [-0.4, -0.2) is 59.8 Å². The van der Waals surface area contributed by atoms with Gasteiger partial charge >= 0.3 is 0 Å². The first-order chi connectivity index (χ1) is 25.4. The number of anilines is 1. The summed E-state index contributed by atoms with van der Waals surface area (Å²) in [5.74, 6) is 4.19. The van der Waals surface area contributed by atoms with E-state index >= 15 is 0 Å². The maximum atomic E-state index is 12.7. The molecule has 0 aliphatic carbocycles. The summed E-state index contributed by atoms with van der Waals surface area (Å²) in [5.41, 5.74) is 4.07. The number of nitrogens with zero attached hydrogens (tertiary/aromatic N) is 1. The minimum Gasteiger partial charge on any atom is -0.493 e. The molecular formula is C39H40ClN3O9. The minimum atomic E-state index is -0.425. The van der Waals surface area contributed by atoms with Crippen LogP contribution in [0, 0.1) is 0 Å². The van der Waals surface area contributed by atoms with Crippen molar-refractivity contribution >= 4 is 23.2 Å². The van der Waals surface area contributed by atoms with Gasteiger partial charge in [-0.05, 0) is 79.4 Å². The molecule has 0 saturated carbocycles. The van der Waals surface area contributed by atoms with E-state index in [0.29, 0.717) is 86.8 Å². The summed E-state index contributed by atoms with van der Waals surface area (Å²) in [5, 5.41) is 11.1. The topological polar surface area (TPSA) is 132 Å². The number of para-hydroxylation sites is 1. The number of carbonyl (C=O) groups excluding carboxylic acids is 1. The Labute approximate surface area is 306 Å². The second-order valence-electron chi connectivity index (χ2n) is 11.7. The average molecular weight is 730 g/mol. The molecule has 0 fully saturated rings. The molecule has 12 nitrogen and oxygen atoms in total. The fourth-order valence-corrected chi connectivity index (χ4v) is 6.10. The summed E-state index contributed by atoms with van der Waals surface area (Å²) in [4.78, 5) is 12.7. The first kappa shape index (κ1) is 36.1. The zero-order chi connectivity index (χ0) is 36.6. The third-order valence-corrected chi connectivity index (χ3v) is 8.78. The van der Waals surface area contributed by atoms with E-state index < -0.39 is 6.17 Å². The van der Waals surface area contributed by atoms with Crippen LogP contribution in [0.2, 0.25) is 5.02 Å². The van der Waals surface area contributed by atoms with Gasteiger partial charge in [0.15, 0.2) is 40.3 Å². The Morgan fingerprint density at radius 2 is 1.38 bits per heavy atom. The van der Waals surface area contributed by atoms with Gasteiger partial charge in [-0.3, -0.25) is 4.79 Å². The van der Waals surface area contributed by atoms with Gasteiger partial charge in [0.25, 0.3) is 5.91 Å². The molecule has 1 aliphatic heterocycles. The largest absolute Gasteiger partial charge is 0.493 e. The van der Waals surface area contributed by atoms with Crippen molar-refractivity contribution in [3.63, 3.8) is 0 Å². The van der Waals surface area contributed by atoms with E-state index in [-0.39, 0.29) is 5.91 Å². The zero-order valence-corrected chi connectivity index (χ0v) is 30.3. The second-order valence-corrected chi connectivity index (χ2v) is 12.2. The lowest BCUT2D eigenvalue weighted by atomic mass is 10.1. The molecule has 2 heterocycles. The van der Waals surface area contributed by atoms with E-state index in [1.54, 1.807) is 65.9 Å². The normalized spacial score (nSPS) is 13.3. The van der Waals surface area contributed by atoms with Crippen LogP contribution < -0.4 is 43.8 Å². The lowest BCUT2D eigenvalue weighted by molar-refractivity contribution is 0.0935. The summed E-state index contributed by atoms with van der Waals surface area (Å²) in [7, 11) is 7.87. The Balaban J connectivity index is 1.01. The van der Waals surface area contributed by atoms with Gasteiger partial charge < -0.3 is 48.3 Å². The summed E-state index contributed by atoms with van der Waals surface area (Å²) in [6, 6.07) is 21.9. The first-order valence-corrected chi connectivity index (χ1v) is 17.0. The molecule has 1 aliphatic rings. The number of unbranched alkanes of at least 4 members (excludes halogenated alkanes) is 2. The number of amides is 1. The quantitative estimate of drug-likeness (QED) is 0.0953. The van der Waals surface area contributed by atoms with Gasteiger partial charge in [-0.25, -0.2) is 0 Å². The molecule has 1 amide bonds. The van der Waals surface area contributed by atoms with E-state index in [1.807, 2.05) is 42.5 Å². The molecule has 5 aromatic rings. The van der Waals surface area contributed by atoms with Crippen molar-refractivity contribution in [1.29, 1.82) is 0 Å². The number of aromatic nitrogens is 1. The Kier molecular flexibility index (Phi) is 11.4. The predicted molar refractivity (Wildman–Crippen MR) is 197 cm³/mol. The molecule has 0 bridgehead atoms. The molecule has 52 heavy (non-hydrogen) atoms. The molecule has 0 spiro atoms. The van der Waals surface area contributed by atoms with Crippen molar-refractivity contribution in [3.05, 3.63) is 88.9 Å². The number of benzene rings is 4. The van der Waals surface area contributed by atoms with Crippen LogP contribution in [0.1, 0.15) is 41.3 Å². The van der Waals surface area contributed by atoms with Crippen LogP contribution in [0.25, 0.3) is 22.6 Å². The zero-order valence-electron chi connectivity index (χ0n) is 29.5. The van der Waals surface area contributed by atoms with E-state index in [9.17, 15) is 4.79 Å². The number of fused-ring (bicyclic) bond motifs is 1. The highest BCUT2D eigenvalue weighted by atomic mass is 35.5. The van der Waals surface area contributed by atoms with Gasteiger partial charge in [-0.2, -0.15) is 0 Å². The van der Waals surface area contributed by atoms with Crippen molar-refractivity contribution in [2.24, 2.45) is 0 Å². The fraction of sp³-hybridized carbons (Fsp3) is 0.282. The third kappa shape index (κ3) is 7.76. The molecule has 0 radical (unpaired) electrons. The van der Waals surface area contributed by atoms with Crippen LogP contribution in [0.4, 0.5) is 5.69 Å². The van der Waals surface area contributed by atoms with E-state index in [0.717, 1.165) is 30.4 Å². The Hall–Kier alpha value is -5.75. The Bertz CT molecular complexity index is 2010. The summed E-state index contributed by atoms with van der Waals surface area (Å²) in [6.07, 6.45) is 2.08. The van der Waals surface area contributed by atoms with Gasteiger partial charge in [-0.1, -0.05) is 28.9 Å². The van der Waals surface area contributed by atoms with Crippen molar-refractivity contribution in [1.82, 2.24) is 10.5 Å². The molecule has 6 rings (SSSR count). The summed E-state index contributed by atoms with van der Waals surface area (Å²) in [6.45, 7) is 0.990. The van der Waals surface area contributed by atoms with Crippen molar-refractivity contribution in [2.45, 2.75) is 25.4 Å². The third-order valence-electron chi connectivity index (χ3n) is 8.54. The molecule has 2 N–H and O–H groups in total. The highest BCUT2D eigenvalue weighted by molar-refractivity contribution is 6.31. The summed E-state index contributed by atoms with van der Waals surface area (Å²) >= 11 is 6.06. The smallest absolute Gasteiger partial charge is 0.255 e. The number of hydrogen-bond donors (Lipinski definition) is 2. The van der Waals surface area contributed by atoms with Crippen molar-refractivity contribution in [2.75, 3.05) is 54.1 Å². The van der Waals surface area contributed by atoms with Gasteiger partial charge in [0.05, 0.1) is 54.3 Å². The molecule has 272 valence electrons. The Morgan fingerprint density at radius 3 is 2.08 bits per heavy atom. The van der Waals surface area contributed by atoms with Crippen LogP contribution in [0.5, 0.6) is 40.2 Å². The maximum Gasteiger partial charge on any atom is 0.255 e. The monoisotopic (exact) mass is 729 g/mol. The van der Waals surface area contributed by atoms with Crippen molar-refractivity contribution < 1.29 is 42.5 Å². The number of ether oxygens (including phenoxy) is 7. The number of hydrogen-bond acceptors (Lipinski definition) is 11. The fourth-order valence-electron chi connectivity index (χ4n) is 5.93. The SMILES string of the molecule is COc1cc(C2NC(=O)c3cc(Cl)ccc3N2)ccc1OCCCCCOc1cccc(-c2cc(-c3cc(OC)c(OC)c(OC)c3)on2)c1OC. The van der Waals surface area contributed by atoms with Crippen molar-refractivity contribution in [3.8, 4) is 62.8 Å². The van der Waals surface area contributed by atoms with Gasteiger partial charge in [-0.15, -0.1) is 0 Å².